The fraction of sp³-hybridized carbons (Fsp3) is 0.533. The molecule has 1 spiro atoms. The molecule has 0 radical (unpaired) electrons. The number of alkyl halides is 3. The van der Waals surface area contributed by atoms with Gasteiger partial charge in [-0.3, -0.25) is 4.90 Å². The number of hydrogen-bond acceptors (Lipinski definition) is 3. The number of carbonyl (C=O) groups is 1. The Morgan fingerprint density at radius 2 is 1.91 bits per heavy atom. The van der Waals surface area contributed by atoms with Gasteiger partial charge in [-0.15, -0.1) is 0 Å². The SMILES string of the molecule is O=C1OC2(CCNCC2)CN1Cc1ccccc1C(F)(F)F. The van der Waals surface area contributed by atoms with Crippen LogP contribution in [-0.4, -0.2) is 36.2 Å². The van der Waals surface area contributed by atoms with Crippen LogP contribution in [0.5, 0.6) is 0 Å². The highest BCUT2D eigenvalue weighted by Gasteiger charge is 2.46. The Labute approximate surface area is 126 Å². The minimum Gasteiger partial charge on any atom is -0.441 e. The predicted molar refractivity (Wildman–Crippen MR) is 73.2 cm³/mol. The molecule has 0 unspecified atom stereocenters. The molecule has 1 aromatic carbocycles. The highest BCUT2D eigenvalue weighted by atomic mass is 19.4. The number of ether oxygens (including phenoxy) is 1. The molecule has 0 aliphatic carbocycles. The average molecular weight is 314 g/mol. The average Bonchev–Trinajstić information content (AvgIpc) is 2.75. The summed E-state index contributed by atoms with van der Waals surface area (Å²) in [6.07, 6.45) is -3.57. The Morgan fingerprint density at radius 3 is 2.59 bits per heavy atom. The zero-order valence-electron chi connectivity index (χ0n) is 11.9. The maximum atomic E-state index is 13.0. The number of hydrogen-bond donors (Lipinski definition) is 1. The Kier molecular flexibility index (Phi) is 3.76. The Hall–Kier alpha value is -1.76. The molecule has 7 heteroatoms. The summed E-state index contributed by atoms with van der Waals surface area (Å²) in [5.41, 5.74) is -1.15. The van der Waals surface area contributed by atoms with E-state index in [0.29, 0.717) is 19.4 Å². The second-order valence-electron chi connectivity index (χ2n) is 5.81. The molecule has 0 atom stereocenters. The first-order valence-electron chi connectivity index (χ1n) is 7.23. The molecule has 2 saturated heterocycles. The molecular formula is C15H17F3N2O2. The van der Waals surface area contributed by atoms with Gasteiger partial charge in [0.25, 0.3) is 0 Å². The van der Waals surface area contributed by atoms with Crippen LogP contribution in [0.15, 0.2) is 24.3 Å². The third-order valence-corrected chi connectivity index (χ3v) is 4.24. The van der Waals surface area contributed by atoms with Crippen molar-refractivity contribution in [1.29, 1.82) is 0 Å². The van der Waals surface area contributed by atoms with E-state index in [-0.39, 0.29) is 12.1 Å². The lowest BCUT2D eigenvalue weighted by Crippen LogP contribution is -2.44. The van der Waals surface area contributed by atoms with Crippen LogP contribution in [0.4, 0.5) is 18.0 Å². The van der Waals surface area contributed by atoms with Gasteiger partial charge in [0.2, 0.25) is 0 Å². The van der Waals surface area contributed by atoms with Crippen LogP contribution in [0.25, 0.3) is 0 Å². The van der Waals surface area contributed by atoms with Crippen molar-refractivity contribution in [2.75, 3.05) is 19.6 Å². The molecule has 22 heavy (non-hydrogen) atoms. The number of carbonyl (C=O) groups excluding carboxylic acids is 1. The zero-order valence-corrected chi connectivity index (χ0v) is 11.9. The van der Waals surface area contributed by atoms with Crippen molar-refractivity contribution in [3.05, 3.63) is 35.4 Å². The van der Waals surface area contributed by atoms with E-state index in [1.165, 1.54) is 17.0 Å². The first kappa shape index (κ1) is 15.1. The lowest BCUT2D eigenvalue weighted by atomic mass is 9.92. The summed E-state index contributed by atoms with van der Waals surface area (Å²) in [6.45, 7) is 1.77. The molecule has 2 heterocycles. The molecule has 1 amide bonds. The Morgan fingerprint density at radius 1 is 1.23 bits per heavy atom. The lowest BCUT2D eigenvalue weighted by molar-refractivity contribution is -0.138. The number of rotatable bonds is 2. The summed E-state index contributed by atoms with van der Waals surface area (Å²) in [6, 6.07) is 5.34. The van der Waals surface area contributed by atoms with Crippen LogP contribution >= 0.6 is 0 Å². The molecule has 4 nitrogen and oxygen atoms in total. The smallest absolute Gasteiger partial charge is 0.416 e. The Balaban J connectivity index is 1.78. The largest absolute Gasteiger partial charge is 0.441 e. The summed E-state index contributed by atoms with van der Waals surface area (Å²) >= 11 is 0. The highest BCUT2D eigenvalue weighted by molar-refractivity contribution is 5.71. The van der Waals surface area contributed by atoms with Crippen LogP contribution in [0, 0.1) is 0 Å². The van der Waals surface area contributed by atoms with Crippen LogP contribution < -0.4 is 5.32 Å². The monoisotopic (exact) mass is 314 g/mol. The zero-order chi connectivity index (χ0) is 15.8. The van der Waals surface area contributed by atoms with Gasteiger partial charge >= 0.3 is 12.3 Å². The molecule has 2 aliphatic heterocycles. The van der Waals surface area contributed by atoms with Crippen molar-refractivity contribution in [3.8, 4) is 0 Å². The van der Waals surface area contributed by atoms with Crippen molar-refractivity contribution < 1.29 is 22.7 Å². The van der Waals surface area contributed by atoms with E-state index in [1.807, 2.05) is 0 Å². The molecule has 0 saturated carbocycles. The molecule has 1 N–H and O–H groups in total. The number of benzene rings is 1. The van der Waals surface area contributed by atoms with Crippen molar-refractivity contribution in [2.45, 2.75) is 31.2 Å². The predicted octanol–water partition coefficient (Wildman–Crippen LogP) is 2.78. The molecule has 0 bridgehead atoms. The summed E-state index contributed by atoms with van der Waals surface area (Å²) in [7, 11) is 0. The van der Waals surface area contributed by atoms with Crippen molar-refractivity contribution in [2.24, 2.45) is 0 Å². The number of halogens is 3. The van der Waals surface area contributed by atoms with Crippen LogP contribution in [0.2, 0.25) is 0 Å². The van der Waals surface area contributed by atoms with Gasteiger partial charge < -0.3 is 10.1 Å². The van der Waals surface area contributed by atoms with E-state index in [4.69, 9.17) is 4.74 Å². The van der Waals surface area contributed by atoms with Gasteiger partial charge in [-0.25, -0.2) is 4.79 Å². The van der Waals surface area contributed by atoms with E-state index >= 15 is 0 Å². The quantitative estimate of drug-likeness (QED) is 0.913. The summed E-state index contributed by atoms with van der Waals surface area (Å²) in [5, 5.41) is 3.19. The topological polar surface area (TPSA) is 41.6 Å². The summed E-state index contributed by atoms with van der Waals surface area (Å²) < 4.78 is 44.5. The number of piperidine rings is 1. The molecule has 120 valence electrons. The van der Waals surface area contributed by atoms with Crippen molar-refractivity contribution in [3.63, 3.8) is 0 Å². The van der Waals surface area contributed by atoms with Gasteiger partial charge in [0.05, 0.1) is 12.1 Å². The fourth-order valence-electron chi connectivity index (χ4n) is 3.10. The van der Waals surface area contributed by atoms with Crippen LogP contribution in [0.3, 0.4) is 0 Å². The maximum absolute atomic E-state index is 13.0. The number of amides is 1. The molecule has 1 aromatic rings. The minimum absolute atomic E-state index is 0.0797. The first-order chi connectivity index (χ1) is 10.4. The van der Waals surface area contributed by atoms with Crippen LogP contribution in [-0.2, 0) is 17.5 Å². The molecular weight excluding hydrogens is 297 g/mol. The molecule has 3 rings (SSSR count). The van der Waals surface area contributed by atoms with Gasteiger partial charge in [0.15, 0.2) is 0 Å². The van der Waals surface area contributed by atoms with Gasteiger partial charge in [-0.1, -0.05) is 18.2 Å². The maximum Gasteiger partial charge on any atom is 0.416 e. The van der Waals surface area contributed by atoms with Crippen molar-refractivity contribution >= 4 is 6.09 Å². The Bertz CT molecular complexity index is 568. The summed E-state index contributed by atoms with van der Waals surface area (Å²) in [5.74, 6) is 0. The first-order valence-corrected chi connectivity index (χ1v) is 7.23. The normalized spacial score (nSPS) is 21.2. The molecule has 2 aliphatic rings. The lowest BCUT2D eigenvalue weighted by Gasteiger charge is -2.31. The second kappa shape index (κ2) is 5.46. The van der Waals surface area contributed by atoms with Crippen molar-refractivity contribution in [1.82, 2.24) is 10.2 Å². The molecule has 2 fully saturated rings. The fourth-order valence-corrected chi connectivity index (χ4v) is 3.10. The molecule has 0 aromatic heterocycles. The van der Waals surface area contributed by atoms with E-state index < -0.39 is 23.4 Å². The number of nitrogens with zero attached hydrogens (tertiary/aromatic N) is 1. The standard InChI is InChI=1S/C15H17F3N2O2/c16-15(17,18)12-4-2-1-3-11(12)9-20-10-14(22-13(20)21)5-7-19-8-6-14/h1-4,19H,5-10H2. The van der Waals surface area contributed by atoms with E-state index in [2.05, 4.69) is 5.32 Å². The third-order valence-electron chi connectivity index (χ3n) is 4.24. The van der Waals surface area contributed by atoms with Gasteiger partial charge in [0, 0.05) is 19.4 Å². The second-order valence-corrected chi connectivity index (χ2v) is 5.81. The van der Waals surface area contributed by atoms with E-state index in [1.54, 1.807) is 6.07 Å². The van der Waals surface area contributed by atoms with E-state index in [0.717, 1.165) is 19.2 Å². The number of nitrogens with one attached hydrogen (secondary N) is 1. The van der Waals surface area contributed by atoms with Gasteiger partial charge in [-0.05, 0) is 24.7 Å². The third kappa shape index (κ3) is 2.90. The van der Waals surface area contributed by atoms with E-state index in [9.17, 15) is 18.0 Å². The highest BCUT2D eigenvalue weighted by Crippen LogP contribution is 2.35. The minimum atomic E-state index is -4.42. The summed E-state index contributed by atoms with van der Waals surface area (Å²) in [4.78, 5) is 13.4. The van der Waals surface area contributed by atoms with Crippen LogP contribution in [0.1, 0.15) is 24.0 Å². The van der Waals surface area contributed by atoms with Gasteiger partial charge in [0.1, 0.15) is 5.60 Å². The van der Waals surface area contributed by atoms with Gasteiger partial charge in [-0.2, -0.15) is 13.2 Å².